The second-order valence-corrected chi connectivity index (χ2v) is 6.04. The van der Waals surface area contributed by atoms with Gasteiger partial charge >= 0.3 is 12.3 Å². The van der Waals surface area contributed by atoms with Crippen LogP contribution in [0.4, 0.5) is 23.7 Å². The Labute approximate surface area is 119 Å². The summed E-state index contributed by atoms with van der Waals surface area (Å²) < 4.78 is 41.7. The monoisotopic (exact) mass is 307 g/mol. The van der Waals surface area contributed by atoms with Gasteiger partial charge in [-0.25, -0.2) is 4.79 Å². The van der Waals surface area contributed by atoms with E-state index in [0.717, 1.165) is 0 Å². The summed E-state index contributed by atoms with van der Waals surface area (Å²) in [7, 11) is 0. The van der Waals surface area contributed by atoms with Gasteiger partial charge in [-0.3, -0.25) is 5.32 Å². The fraction of sp³-hybridized carbons (Fsp3) is 0.462. The molecule has 0 atom stereocenters. The van der Waals surface area contributed by atoms with Gasteiger partial charge in [-0.1, -0.05) is 12.1 Å². The molecule has 0 heterocycles. The highest BCUT2D eigenvalue weighted by molar-refractivity contribution is 7.99. The Balaban J connectivity index is 2.73. The van der Waals surface area contributed by atoms with E-state index in [0.29, 0.717) is 22.3 Å². The summed E-state index contributed by atoms with van der Waals surface area (Å²) >= 11 is 0.619. The molecule has 0 fully saturated rings. The molecule has 1 aromatic rings. The first kappa shape index (κ1) is 16.7. The van der Waals surface area contributed by atoms with Crippen LogP contribution in [0.15, 0.2) is 29.2 Å². The Morgan fingerprint density at radius 2 is 1.85 bits per heavy atom. The second kappa shape index (κ2) is 6.39. The maximum absolute atomic E-state index is 12.2. The number of thioether (sulfide) groups is 1. The van der Waals surface area contributed by atoms with Gasteiger partial charge in [0.15, 0.2) is 0 Å². The molecule has 1 aromatic carbocycles. The third-order valence-corrected chi connectivity index (χ3v) is 3.05. The predicted octanol–water partition coefficient (Wildman–Crippen LogP) is 4.69. The minimum atomic E-state index is -4.26. The first-order valence-corrected chi connectivity index (χ1v) is 6.84. The van der Waals surface area contributed by atoms with E-state index >= 15 is 0 Å². The lowest BCUT2D eigenvalue weighted by Crippen LogP contribution is -2.27. The summed E-state index contributed by atoms with van der Waals surface area (Å²) in [5, 5.41) is 2.45. The molecular formula is C13H16F3NO2S. The average Bonchev–Trinajstić information content (AvgIpc) is 2.24. The van der Waals surface area contributed by atoms with Gasteiger partial charge in [-0.15, -0.1) is 11.8 Å². The molecule has 112 valence electrons. The quantitative estimate of drug-likeness (QED) is 0.823. The lowest BCUT2D eigenvalue weighted by Gasteiger charge is -2.20. The van der Waals surface area contributed by atoms with Crippen molar-refractivity contribution >= 4 is 23.5 Å². The molecule has 20 heavy (non-hydrogen) atoms. The number of benzene rings is 1. The van der Waals surface area contributed by atoms with Gasteiger partial charge in [-0.05, 0) is 32.9 Å². The summed E-state index contributed by atoms with van der Waals surface area (Å²) in [5.41, 5.74) is -0.367. The summed E-state index contributed by atoms with van der Waals surface area (Å²) in [4.78, 5) is 12.0. The Hall–Kier alpha value is -1.37. The van der Waals surface area contributed by atoms with Gasteiger partial charge in [0.25, 0.3) is 0 Å². The van der Waals surface area contributed by atoms with Crippen LogP contribution in [0.5, 0.6) is 0 Å². The third-order valence-electron chi connectivity index (χ3n) is 1.91. The number of carbonyl (C=O) groups excluding carboxylic acids is 1. The molecule has 1 N–H and O–H groups in total. The fourth-order valence-corrected chi connectivity index (χ4v) is 2.04. The van der Waals surface area contributed by atoms with Crippen molar-refractivity contribution < 1.29 is 22.7 Å². The molecule has 0 aliphatic heterocycles. The van der Waals surface area contributed by atoms with E-state index in [9.17, 15) is 18.0 Å². The molecule has 0 spiro atoms. The van der Waals surface area contributed by atoms with Crippen LogP contribution in [0.3, 0.4) is 0 Å². The van der Waals surface area contributed by atoms with Crippen LogP contribution in [-0.2, 0) is 4.74 Å². The summed E-state index contributed by atoms with van der Waals surface area (Å²) in [6.07, 6.45) is -4.96. The van der Waals surface area contributed by atoms with Crippen LogP contribution in [0.1, 0.15) is 20.8 Å². The zero-order valence-corrected chi connectivity index (χ0v) is 12.2. The van der Waals surface area contributed by atoms with Crippen LogP contribution in [0, 0.1) is 0 Å². The second-order valence-electron chi connectivity index (χ2n) is 5.03. The van der Waals surface area contributed by atoms with Gasteiger partial charge in [0.05, 0.1) is 11.4 Å². The molecule has 0 saturated heterocycles. The van der Waals surface area contributed by atoms with Crippen molar-refractivity contribution in [1.82, 2.24) is 0 Å². The third kappa shape index (κ3) is 6.70. The molecule has 0 aliphatic rings. The van der Waals surface area contributed by atoms with Gasteiger partial charge in [0, 0.05) is 4.90 Å². The molecule has 0 bridgehead atoms. The molecule has 1 rings (SSSR count). The smallest absolute Gasteiger partial charge is 0.412 e. The van der Waals surface area contributed by atoms with Crippen LogP contribution < -0.4 is 5.32 Å². The standard InChI is InChI=1S/C13H16F3NO2S/c1-12(2,3)19-11(18)17-9-6-4-5-7-10(9)20-8-13(14,15)16/h4-7H,8H2,1-3H3,(H,17,18). The lowest BCUT2D eigenvalue weighted by molar-refractivity contribution is -0.105. The maximum Gasteiger partial charge on any atom is 0.412 e. The number of amides is 1. The number of halogens is 3. The number of para-hydroxylation sites is 1. The normalized spacial score (nSPS) is 12.1. The highest BCUT2D eigenvalue weighted by Crippen LogP contribution is 2.32. The summed E-state index contributed by atoms with van der Waals surface area (Å²) in [6, 6.07) is 6.29. The molecule has 0 aromatic heterocycles. The Bertz CT molecular complexity index is 469. The van der Waals surface area contributed by atoms with Crippen molar-refractivity contribution in [2.24, 2.45) is 0 Å². The average molecular weight is 307 g/mol. The number of nitrogens with one attached hydrogen (secondary N) is 1. The predicted molar refractivity (Wildman–Crippen MR) is 73.1 cm³/mol. The minimum Gasteiger partial charge on any atom is -0.444 e. The van der Waals surface area contributed by atoms with Crippen LogP contribution in [0.25, 0.3) is 0 Å². The number of hydrogen-bond acceptors (Lipinski definition) is 3. The van der Waals surface area contributed by atoms with Crippen molar-refractivity contribution in [3.05, 3.63) is 24.3 Å². The Kier molecular flexibility index (Phi) is 5.33. The SMILES string of the molecule is CC(C)(C)OC(=O)Nc1ccccc1SCC(F)(F)F. The molecule has 0 saturated carbocycles. The van der Waals surface area contributed by atoms with Crippen molar-refractivity contribution in [1.29, 1.82) is 0 Å². The Morgan fingerprint density at radius 1 is 1.25 bits per heavy atom. The maximum atomic E-state index is 12.2. The molecular weight excluding hydrogens is 291 g/mol. The van der Waals surface area contributed by atoms with E-state index in [4.69, 9.17) is 4.74 Å². The number of alkyl halides is 3. The summed E-state index contributed by atoms with van der Waals surface area (Å²) in [6.45, 7) is 5.12. The first-order valence-electron chi connectivity index (χ1n) is 5.85. The zero-order valence-electron chi connectivity index (χ0n) is 11.4. The zero-order chi connectivity index (χ0) is 15.4. The number of rotatable bonds is 3. The van der Waals surface area contributed by atoms with E-state index in [2.05, 4.69) is 5.32 Å². The van der Waals surface area contributed by atoms with Crippen LogP contribution in [-0.4, -0.2) is 23.6 Å². The highest BCUT2D eigenvalue weighted by Gasteiger charge is 2.28. The van der Waals surface area contributed by atoms with Crippen LogP contribution in [0.2, 0.25) is 0 Å². The fourth-order valence-electron chi connectivity index (χ4n) is 1.27. The van der Waals surface area contributed by atoms with E-state index in [1.807, 2.05) is 0 Å². The number of ether oxygens (including phenoxy) is 1. The topological polar surface area (TPSA) is 38.3 Å². The number of anilines is 1. The molecule has 0 unspecified atom stereocenters. The molecule has 7 heteroatoms. The van der Waals surface area contributed by atoms with Crippen molar-refractivity contribution in [2.75, 3.05) is 11.1 Å². The lowest BCUT2D eigenvalue weighted by atomic mass is 10.2. The minimum absolute atomic E-state index is 0.302. The van der Waals surface area contributed by atoms with E-state index in [1.165, 1.54) is 12.1 Å². The van der Waals surface area contributed by atoms with E-state index < -0.39 is 23.6 Å². The van der Waals surface area contributed by atoms with Gasteiger partial charge in [-0.2, -0.15) is 13.2 Å². The van der Waals surface area contributed by atoms with Gasteiger partial charge in [0.2, 0.25) is 0 Å². The van der Waals surface area contributed by atoms with E-state index in [-0.39, 0.29) is 0 Å². The largest absolute Gasteiger partial charge is 0.444 e. The number of carbonyl (C=O) groups is 1. The molecule has 3 nitrogen and oxygen atoms in total. The highest BCUT2D eigenvalue weighted by atomic mass is 32.2. The first-order chi connectivity index (χ1) is 9.07. The van der Waals surface area contributed by atoms with Gasteiger partial charge in [0.1, 0.15) is 5.60 Å². The van der Waals surface area contributed by atoms with Gasteiger partial charge < -0.3 is 4.74 Å². The molecule has 0 radical (unpaired) electrons. The summed E-state index contributed by atoms with van der Waals surface area (Å²) in [5.74, 6) is -1.01. The van der Waals surface area contributed by atoms with Crippen molar-refractivity contribution in [3.63, 3.8) is 0 Å². The molecule has 1 amide bonds. The molecule has 0 aliphatic carbocycles. The van der Waals surface area contributed by atoms with Crippen LogP contribution >= 0.6 is 11.8 Å². The van der Waals surface area contributed by atoms with Crippen molar-refractivity contribution in [2.45, 2.75) is 37.4 Å². The number of hydrogen-bond donors (Lipinski definition) is 1. The van der Waals surface area contributed by atoms with E-state index in [1.54, 1.807) is 32.9 Å². The Morgan fingerprint density at radius 3 is 2.40 bits per heavy atom. The van der Waals surface area contributed by atoms with Crippen molar-refractivity contribution in [3.8, 4) is 0 Å².